The maximum atomic E-state index is 6.90. The van der Waals surface area contributed by atoms with E-state index < -0.39 is 42.3 Å². The van der Waals surface area contributed by atoms with Crippen LogP contribution in [0.2, 0.25) is 72.0 Å². The maximum absolute atomic E-state index is 6.90. The van der Waals surface area contributed by atoms with Crippen LogP contribution < -0.4 is 5.19 Å². The summed E-state index contributed by atoms with van der Waals surface area (Å²) in [5, 5.41) is 1.20. The first-order valence-corrected chi connectivity index (χ1v) is 24.7. The van der Waals surface area contributed by atoms with Gasteiger partial charge in [-0.3, -0.25) is 0 Å². The van der Waals surface area contributed by atoms with Crippen molar-refractivity contribution < 1.29 is 16.5 Å². The monoisotopic (exact) mass is 472 g/mol. The van der Waals surface area contributed by atoms with Gasteiger partial charge in [0.15, 0.2) is 25.0 Å². The van der Waals surface area contributed by atoms with Crippen molar-refractivity contribution in [2.24, 2.45) is 0 Å². The first kappa shape index (κ1) is 25.9. The fraction of sp³-hybridized carbons (Fsp3) is 0.579. The Bertz CT molecular complexity index is 614. The first-order chi connectivity index (χ1) is 12.4. The van der Waals surface area contributed by atoms with Crippen LogP contribution in [0, 0.1) is 0 Å². The molecule has 0 aromatic heterocycles. The van der Waals surface area contributed by atoms with Crippen LogP contribution in [-0.4, -0.2) is 42.3 Å². The minimum Gasteiger partial charge on any atom is -0.396 e. The minimum absolute atomic E-state index is 1.10. The smallest absolute Gasteiger partial charge is 0.396 e. The van der Waals surface area contributed by atoms with Crippen molar-refractivity contribution in [1.82, 2.24) is 0 Å². The van der Waals surface area contributed by atoms with Gasteiger partial charge >= 0.3 is 9.05 Å². The molecule has 1 aromatic rings. The second-order valence-corrected chi connectivity index (χ2v) is 31.1. The molecule has 0 fully saturated rings. The Labute approximate surface area is 178 Å². The molecule has 160 valence electrons. The Balaban J connectivity index is 3.42. The maximum Gasteiger partial charge on any atom is 0.637 e. The van der Waals surface area contributed by atoms with E-state index in [1.165, 1.54) is 5.19 Å². The molecule has 0 aliphatic carbocycles. The lowest BCUT2D eigenvalue weighted by Gasteiger charge is -2.44. The van der Waals surface area contributed by atoms with Crippen LogP contribution >= 0.6 is 0 Å². The summed E-state index contributed by atoms with van der Waals surface area (Å²) in [4.78, 5) is 0. The van der Waals surface area contributed by atoms with E-state index >= 15 is 0 Å². The first-order valence-electron chi connectivity index (χ1n) is 9.90. The van der Waals surface area contributed by atoms with Gasteiger partial charge in [0.25, 0.3) is 0 Å². The topological polar surface area (TPSA) is 36.9 Å². The molecule has 28 heavy (non-hydrogen) atoms. The Hall–Kier alpha value is -0.116. The van der Waals surface area contributed by atoms with Crippen molar-refractivity contribution in [1.29, 1.82) is 0 Å². The third kappa shape index (κ3) is 9.14. The molecule has 1 aromatic carbocycles. The van der Waals surface area contributed by atoms with E-state index in [1.54, 1.807) is 0 Å². The predicted octanol–water partition coefficient (Wildman–Crippen LogP) is 5.75. The molecular formula is C19H40O4Si5. The molecule has 0 saturated carbocycles. The van der Waals surface area contributed by atoms with Gasteiger partial charge in [0.1, 0.15) is 0 Å². The van der Waals surface area contributed by atoms with Crippen molar-refractivity contribution >= 4 is 53.6 Å². The quantitative estimate of drug-likeness (QED) is 0.406. The molecule has 1 rings (SSSR count). The summed E-state index contributed by atoms with van der Waals surface area (Å²) in [6, 6.07) is 8.45. The van der Waals surface area contributed by atoms with E-state index in [4.69, 9.17) is 16.5 Å². The van der Waals surface area contributed by atoms with Gasteiger partial charge in [0.2, 0.25) is 8.32 Å². The van der Waals surface area contributed by atoms with Gasteiger partial charge in [-0.1, -0.05) is 36.9 Å². The van der Waals surface area contributed by atoms with E-state index in [2.05, 4.69) is 103 Å². The highest BCUT2D eigenvalue weighted by Crippen LogP contribution is 2.29. The average molecular weight is 473 g/mol. The molecule has 4 nitrogen and oxygen atoms in total. The summed E-state index contributed by atoms with van der Waals surface area (Å²) in [6.07, 6.45) is 1.86. The van der Waals surface area contributed by atoms with E-state index in [-0.39, 0.29) is 0 Å². The normalized spacial score (nSPS) is 14.2. The van der Waals surface area contributed by atoms with Crippen LogP contribution in [0.1, 0.15) is 5.56 Å². The highest BCUT2D eigenvalue weighted by molar-refractivity contribution is 6.95. The highest BCUT2D eigenvalue weighted by Gasteiger charge is 2.56. The van der Waals surface area contributed by atoms with Crippen molar-refractivity contribution in [2.45, 2.75) is 72.0 Å². The zero-order chi connectivity index (χ0) is 22.0. The zero-order valence-corrected chi connectivity index (χ0v) is 24.7. The van der Waals surface area contributed by atoms with E-state index in [9.17, 15) is 0 Å². The number of hydrogen-bond acceptors (Lipinski definition) is 4. The fourth-order valence-electron chi connectivity index (χ4n) is 2.64. The summed E-state index contributed by atoms with van der Waals surface area (Å²) < 4.78 is 26.9. The fourth-order valence-corrected chi connectivity index (χ4v) is 18.8. The standard InChI is InChI=1S/C19H40O4Si5/c1-13-18-14-16-19(17-15-18)27(11,12)23-28(20-24(2,3)4,21-25(5,6)7)22-26(8,9)10/h13-17H,1H2,2-12H3. The van der Waals surface area contributed by atoms with Crippen LogP contribution in [0.15, 0.2) is 30.8 Å². The van der Waals surface area contributed by atoms with Crippen molar-refractivity contribution in [3.8, 4) is 0 Å². The van der Waals surface area contributed by atoms with E-state index in [0.717, 1.165) is 5.56 Å². The molecular weight excluding hydrogens is 433 g/mol. The highest BCUT2D eigenvalue weighted by atomic mass is 28.5. The van der Waals surface area contributed by atoms with E-state index in [1.807, 2.05) is 6.08 Å². The lowest BCUT2D eigenvalue weighted by molar-refractivity contribution is 0.150. The van der Waals surface area contributed by atoms with Crippen LogP contribution in [0.3, 0.4) is 0 Å². The van der Waals surface area contributed by atoms with Gasteiger partial charge in [0.05, 0.1) is 0 Å². The average Bonchev–Trinajstić information content (AvgIpc) is 2.40. The summed E-state index contributed by atoms with van der Waals surface area (Å²) in [5.74, 6) is 0. The molecule has 0 bridgehead atoms. The minimum atomic E-state index is -3.32. The molecule has 0 saturated heterocycles. The molecule has 0 N–H and O–H groups in total. The summed E-state index contributed by atoms with van der Waals surface area (Å²) in [5.41, 5.74) is 1.10. The zero-order valence-electron chi connectivity index (χ0n) is 19.7. The molecule has 0 radical (unpaired) electrons. The molecule has 0 atom stereocenters. The predicted molar refractivity (Wildman–Crippen MR) is 134 cm³/mol. The lowest BCUT2D eigenvalue weighted by atomic mass is 10.2. The Morgan fingerprint density at radius 1 is 0.607 bits per heavy atom. The number of benzene rings is 1. The Morgan fingerprint density at radius 2 is 0.964 bits per heavy atom. The van der Waals surface area contributed by atoms with Gasteiger partial charge in [-0.05, 0) is 82.8 Å². The number of hydrogen-bond donors (Lipinski definition) is 0. The summed E-state index contributed by atoms with van der Waals surface area (Å²) >= 11 is 0. The van der Waals surface area contributed by atoms with Crippen LogP contribution in [0.25, 0.3) is 6.08 Å². The molecule has 0 aliphatic heterocycles. The molecule has 0 heterocycles. The number of rotatable bonds is 10. The summed E-state index contributed by atoms with van der Waals surface area (Å²) in [6.45, 7) is 27.8. The third-order valence-electron chi connectivity index (χ3n) is 3.52. The van der Waals surface area contributed by atoms with E-state index in [0.29, 0.717) is 0 Å². The Morgan fingerprint density at radius 3 is 1.25 bits per heavy atom. The second kappa shape index (κ2) is 8.94. The van der Waals surface area contributed by atoms with Crippen molar-refractivity contribution in [2.75, 3.05) is 0 Å². The van der Waals surface area contributed by atoms with Crippen LogP contribution in [0.4, 0.5) is 0 Å². The largest absolute Gasteiger partial charge is 0.637 e. The van der Waals surface area contributed by atoms with Crippen molar-refractivity contribution in [3.05, 3.63) is 36.4 Å². The van der Waals surface area contributed by atoms with Gasteiger partial charge in [0, 0.05) is 0 Å². The molecule has 0 amide bonds. The second-order valence-electron chi connectivity index (χ2n) is 10.6. The van der Waals surface area contributed by atoms with Gasteiger partial charge < -0.3 is 16.5 Å². The molecule has 0 unspecified atom stereocenters. The molecule has 0 aliphatic rings. The van der Waals surface area contributed by atoms with Crippen LogP contribution in [-0.2, 0) is 16.5 Å². The van der Waals surface area contributed by atoms with Gasteiger partial charge in [-0.15, -0.1) is 0 Å². The third-order valence-corrected chi connectivity index (χ3v) is 18.6. The molecule has 0 spiro atoms. The van der Waals surface area contributed by atoms with Gasteiger partial charge in [-0.25, -0.2) is 0 Å². The lowest BCUT2D eigenvalue weighted by Crippen LogP contribution is -2.67. The van der Waals surface area contributed by atoms with Gasteiger partial charge in [-0.2, -0.15) is 0 Å². The molecule has 9 heteroatoms. The van der Waals surface area contributed by atoms with Crippen molar-refractivity contribution in [3.63, 3.8) is 0 Å². The van der Waals surface area contributed by atoms with Crippen LogP contribution in [0.5, 0.6) is 0 Å². The SMILES string of the molecule is C=Cc1ccc([Si](C)(C)O[Si](O[Si](C)(C)C)(O[Si](C)(C)C)O[Si](C)(C)C)cc1. The Kier molecular flexibility index (Phi) is 8.28. The summed E-state index contributed by atoms with van der Waals surface area (Å²) in [7, 11) is -11.5.